The lowest BCUT2D eigenvalue weighted by Crippen LogP contribution is -2.28. The summed E-state index contributed by atoms with van der Waals surface area (Å²) in [6.45, 7) is 0.0706. The first kappa shape index (κ1) is 23.8. The monoisotopic (exact) mass is 565 g/mol. The van der Waals surface area contributed by atoms with Crippen LogP contribution in [-0.2, 0) is 17.9 Å². The number of carbonyl (C=O) groups excluding carboxylic acids is 2. The highest BCUT2D eigenvalue weighted by Crippen LogP contribution is 2.36. The molecule has 1 saturated heterocycles. The maximum absolute atomic E-state index is 14.1. The molecule has 9 heteroatoms. The van der Waals surface area contributed by atoms with Gasteiger partial charge in [0.25, 0.3) is 11.1 Å². The van der Waals surface area contributed by atoms with Gasteiger partial charge in [-0.15, -0.1) is 0 Å². The quantitative estimate of drug-likeness (QED) is 0.287. The van der Waals surface area contributed by atoms with Gasteiger partial charge in [0, 0.05) is 21.2 Å². The number of rotatable bonds is 6. The standard InChI is InChI=1S/C24H15BrCl2FNO3S/c25-17-10-14(8-9-21(17)32-13-15-4-1-2-5-18(15)26)11-22-23(30)29(24(31)33-22)12-16-19(27)6-3-7-20(16)28/h1-11H,12-13H2/b22-11+. The molecule has 0 atom stereocenters. The van der Waals surface area contributed by atoms with Crippen LogP contribution in [-0.4, -0.2) is 16.0 Å². The van der Waals surface area contributed by atoms with Crippen LogP contribution < -0.4 is 4.74 Å². The number of amides is 2. The molecular formula is C24H15BrCl2FNO3S. The Labute approximate surface area is 212 Å². The molecule has 0 radical (unpaired) electrons. The van der Waals surface area contributed by atoms with E-state index in [4.69, 9.17) is 27.9 Å². The smallest absolute Gasteiger partial charge is 0.293 e. The molecule has 4 rings (SSSR count). The molecule has 33 heavy (non-hydrogen) atoms. The summed E-state index contributed by atoms with van der Waals surface area (Å²) in [4.78, 5) is 26.4. The Morgan fingerprint density at radius 2 is 1.79 bits per heavy atom. The molecule has 1 aliphatic heterocycles. The van der Waals surface area contributed by atoms with Gasteiger partial charge in [0.05, 0.1) is 15.9 Å². The molecular weight excluding hydrogens is 552 g/mol. The minimum atomic E-state index is -0.568. The SMILES string of the molecule is O=C1S/C(=C/c2ccc(OCc3ccccc3Cl)c(Br)c2)C(=O)N1Cc1c(F)cccc1Cl. The summed E-state index contributed by atoms with van der Waals surface area (Å²) in [5.74, 6) is -0.462. The van der Waals surface area contributed by atoms with E-state index >= 15 is 0 Å². The predicted octanol–water partition coefficient (Wildman–Crippen LogP) is 7.71. The van der Waals surface area contributed by atoms with Crippen LogP contribution >= 0.6 is 50.9 Å². The van der Waals surface area contributed by atoms with Gasteiger partial charge in [0.15, 0.2) is 0 Å². The van der Waals surface area contributed by atoms with Gasteiger partial charge >= 0.3 is 0 Å². The summed E-state index contributed by atoms with van der Waals surface area (Å²) in [5, 5.41) is 0.302. The highest BCUT2D eigenvalue weighted by atomic mass is 79.9. The number of thioether (sulfide) groups is 1. The summed E-state index contributed by atoms with van der Waals surface area (Å²) >= 11 is 16.5. The van der Waals surface area contributed by atoms with E-state index in [2.05, 4.69) is 15.9 Å². The van der Waals surface area contributed by atoms with Crippen molar-refractivity contribution < 1.29 is 18.7 Å². The second-order valence-corrected chi connectivity index (χ2v) is 9.70. The lowest BCUT2D eigenvalue weighted by atomic mass is 10.2. The van der Waals surface area contributed by atoms with Gasteiger partial charge in [-0.3, -0.25) is 14.5 Å². The van der Waals surface area contributed by atoms with Crippen molar-refractivity contribution >= 4 is 68.1 Å². The molecule has 0 aromatic heterocycles. The van der Waals surface area contributed by atoms with E-state index in [9.17, 15) is 14.0 Å². The van der Waals surface area contributed by atoms with Crippen LogP contribution in [0.1, 0.15) is 16.7 Å². The summed E-state index contributed by atoms with van der Waals surface area (Å²) in [6, 6.07) is 17.0. The molecule has 0 N–H and O–H groups in total. The van der Waals surface area contributed by atoms with Gasteiger partial charge < -0.3 is 4.74 Å². The Morgan fingerprint density at radius 3 is 2.52 bits per heavy atom. The molecule has 0 spiro atoms. The second-order valence-electron chi connectivity index (χ2n) is 7.04. The Hall–Kier alpha value is -2.32. The molecule has 2 amide bonds. The predicted molar refractivity (Wildman–Crippen MR) is 133 cm³/mol. The Bertz CT molecular complexity index is 1260. The topological polar surface area (TPSA) is 46.6 Å². The van der Waals surface area contributed by atoms with Gasteiger partial charge in [-0.05, 0) is 69.7 Å². The average Bonchev–Trinajstić information content (AvgIpc) is 3.04. The number of hydrogen-bond acceptors (Lipinski definition) is 4. The van der Waals surface area contributed by atoms with Crippen LogP contribution in [0.15, 0.2) is 70.0 Å². The Morgan fingerprint density at radius 1 is 1.03 bits per heavy atom. The number of carbonyl (C=O) groups is 2. The van der Waals surface area contributed by atoms with E-state index in [1.54, 1.807) is 30.3 Å². The molecule has 3 aromatic carbocycles. The van der Waals surface area contributed by atoms with Gasteiger partial charge in [-0.25, -0.2) is 4.39 Å². The third-order valence-corrected chi connectivity index (χ3v) is 7.10. The number of hydrogen-bond donors (Lipinski definition) is 0. The molecule has 1 aliphatic rings. The van der Waals surface area contributed by atoms with E-state index < -0.39 is 17.0 Å². The first-order valence-corrected chi connectivity index (χ1v) is 12.0. The first-order valence-electron chi connectivity index (χ1n) is 9.67. The van der Waals surface area contributed by atoms with Crippen LogP contribution in [0.5, 0.6) is 5.75 Å². The fraction of sp³-hybridized carbons (Fsp3) is 0.0833. The van der Waals surface area contributed by atoms with Gasteiger partial charge in [-0.1, -0.05) is 53.5 Å². The van der Waals surface area contributed by atoms with Crippen molar-refractivity contribution in [3.63, 3.8) is 0 Å². The number of ether oxygens (including phenoxy) is 1. The van der Waals surface area contributed by atoms with Crippen molar-refractivity contribution in [2.24, 2.45) is 0 Å². The first-order chi connectivity index (χ1) is 15.8. The highest BCUT2D eigenvalue weighted by molar-refractivity contribution is 9.10. The lowest BCUT2D eigenvalue weighted by Gasteiger charge is -2.14. The Balaban J connectivity index is 1.48. The second kappa shape index (κ2) is 10.3. The fourth-order valence-corrected chi connectivity index (χ4v) is 4.89. The number of nitrogens with zero attached hydrogens (tertiary/aromatic N) is 1. The van der Waals surface area contributed by atoms with Crippen molar-refractivity contribution in [2.45, 2.75) is 13.2 Å². The molecule has 0 unspecified atom stereocenters. The number of imide groups is 1. The van der Waals surface area contributed by atoms with Crippen LogP contribution in [0, 0.1) is 5.82 Å². The maximum atomic E-state index is 14.1. The Kier molecular flexibility index (Phi) is 7.44. The summed E-state index contributed by atoms with van der Waals surface area (Å²) < 4.78 is 20.6. The van der Waals surface area contributed by atoms with Crippen molar-refractivity contribution in [2.75, 3.05) is 0 Å². The highest BCUT2D eigenvalue weighted by Gasteiger charge is 2.35. The zero-order chi connectivity index (χ0) is 23.5. The maximum Gasteiger partial charge on any atom is 0.293 e. The van der Waals surface area contributed by atoms with Gasteiger partial charge in [0.1, 0.15) is 18.2 Å². The van der Waals surface area contributed by atoms with E-state index in [1.807, 2.05) is 18.2 Å². The minimum absolute atomic E-state index is 0.102. The molecule has 4 nitrogen and oxygen atoms in total. The minimum Gasteiger partial charge on any atom is -0.488 e. The van der Waals surface area contributed by atoms with Crippen molar-refractivity contribution in [3.05, 3.63) is 103 Å². The van der Waals surface area contributed by atoms with E-state index in [-0.39, 0.29) is 22.0 Å². The zero-order valence-electron chi connectivity index (χ0n) is 16.9. The normalized spacial score (nSPS) is 14.9. The van der Waals surface area contributed by atoms with Crippen LogP contribution in [0.25, 0.3) is 6.08 Å². The third-order valence-electron chi connectivity index (χ3n) is 4.85. The fourth-order valence-electron chi connectivity index (χ4n) is 3.12. The molecule has 0 bridgehead atoms. The van der Waals surface area contributed by atoms with E-state index in [1.165, 1.54) is 18.2 Å². The van der Waals surface area contributed by atoms with Gasteiger partial charge in [0.2, 0.25) is 0 Å². The van der Waals surface area contributed by atoms with E-state index in [0.717, 1.165) is 22.2 Å². The molecule has 1 heterocycles. The summed E-state index contributed by atoms with van der Waals surface area (Å²) in [5.41, 5.74) is 1.66. The van der Waals surface area contributed by atoms with E-state index in [0.29, 0.717) is 27.4 Å². The number of halogens is 4. The number of benzene rings is 3. The lowest BCUT2D eigenvalue weighted by molar-refractivity contribution is -0.123. The summed E-state index contributed by atoms with van der Waals surface area (Å²) in [7, 11) is 0. The van der Waals surface area contributed by atoms with Crippen LogP contribution in [0.2, 0.25) is 10.0 Å². The van der Waals surface area contributed by atoms with Crippen LogP contribution in [0.4, 0.5) is 9.18 Å². The van der Waals surface area contributed by atoms with Crippen molar-refractivity contribution in [3.8, 4) is 5.75 Å². The molecule has 0 saturated carbocycles. The molecule has 1 fully saturated rings. The molecule has 3 aromatic rings. The van der Waals surface area contributed by atoms with Crippen molar-refractivity contribution in [1.29, 1.82) is 0 Å². The van der Waals surface area contributed by atoms with Crippen molar-refractivity contribution in [1.82, 2.24) is 4.90 Å². The van der Waals surface area contributed by atoms with Crippen LogP contribution in [0.3, 0.4) is 0 Å². The average molecular weight is 567 g/mol. The zero-order valence-corrected chi connectivity index (χ0v) is 20.8. The third kappa shape index (κ3) is 5.44. The summed E-state index contributed by atoms with van der Waals surface area (Å²) in [6.07, 6.45) is 1.61. The molecule has 0 aliphatic carbocycles. The van der Waals surface area contributed by atoms with Gasteiger partial charge in [-0.2, -0.15) is 0 Å². The molecule has 168 valence electrons. The largest absolute Gasteiger partial charge is 0.488 e.